The third-order valence-corrected chi connectivity index (χ3v) is 2.87. The van der Waals surface area contributed by atoms with Gasteiger partial charge in [0.25, 0.3) is 0 Å². The molecule has 10 heteroatoms. The van der Waals surface area contributed by atoms with Crippen LogP contribution in [0.2, 0.25) is 5.02 Å². The maximum absolute atomic E-state index is 12.2. The fourth-order valence-electron chi connectivity index (χ4n) is 1.05. The van der Waals surface area contributed by atoms with Crippen LogP contribution < -0.4 is 11.2 Å². The molecule has 0 unspecified atom stereocenters. The Balaban J connectivity index is 2.99. The second-order valence-electron chi connectivity index (χ2n) is 3.29. The highest BCUT2D eigenvalue weighted by Crippen LogP contribution is 2.39. The van der Waals surface area contributed by atoms with Crippen molar-refractivity contribution in [1.29, 1.82) is 10.7 Å². The summed E-state index contributed by atoms with van der Waals surface area (Å²) in [5.74, 6) is -0.572. The van der Waals surface area contributed by atoms with Gasteiger partial charge >= 0.3 is 5.51 Å². The maximum atomic E-state index is 12.2. The van der Waals surface area contributed by atoms with Gasteiger partial charge in [-0.05, 0) is 30.0 Å². The minimum Gasteiger partial charge on any atom is -0.382 e. The number of halogens is 4. The smallest absolute Gasteiger partial charge is 0.382 e. The second kappa shape index (κ2) is 6.49. The third kappa shape index (κ3) is 4.99. The van der Waals surface area contributed by atoms with Crippen LogP contribution in [0.5, 0.6) is 0 Å². The number of nitriles is 1. The Morgan fingerprint density at radius 2 is 2.15 bits per heavy atom. The van der Waals surface area contributed by atoms with E-state index in [9.17, 15) is 13.2 Å². The first-order valence-corrected chi connectivity index (χ1v) is 6.06. The summed E-state index contributed by atoms with van der Waals surface area (Å²) in [6.07, 6.45) is 0. The van der Waals surface area contributed by atoms with Crippen LogP contribution in [0.15, 0.2) is 28.2 Å². The normalized spacial score (nSPS) is 11.8. The minimum absolute atomic E-state index is 0.0647. The number of hydrogen-bond acceptors (Lipinski definition) is 5. The standard InChI is InChI=1S/C10H7ClF3N5S/c11-6-2-1-5(20-10(12,13)14)3-7(6)18-19-8(4-15)9(16)17/h1-3,18H,(H3,16,17)/b19-8+. The number of benzene rings is 1. The first-order chi connectivity index (χ1) is 9.23. The molecule has 0 radical (unpaired) electrons. The number of thioether (sulfide) groups is 1. The zero-order chi connectivity index (χ0) is 15.3. The van der Waals surface area contributed by atoms with E-state index in [0.717, 1.165) is 6.07 Å². The Morgan fingerprint density at radius 1 is 1.50 bits per heavy atom. The molecule has 20 heavy (non-hydrogen) atoms. The average molecular weight is 322 g/mol. The van der Waals surface area contributed by atoms with E-state index >= 15 is 0 Å². The summed E-state index contributed by atoms with van der Waals surface area (Å²) in [6.45, 7) is 0. The van der Waals surface area contributed by atoms with Gasteiger partial charge in [-0.25, -0.2) is 0 Å². The highest BCUT2D eigenvalue weighted by atomic mass is 35.5. The number of amidine groups is 1. The Bertz CT molecular complexity index is 594. The quantitative estimate of drug-likeness (QED) is 0.343. The molecule has 0 aliphatic carbocycles. The van der Waals surface area contributed by atoms with E-state index in [1.54, 1.807) is 6.07 Å². The molecule has 0 aliphatic heterocycles. The van der Waals surface area contributed by atoms with Crippen molar-refractivity contribution >= 4 is 40.6 Å². The van der Waals surface area contributed by atoms with E-state index in [1.165, 1.54) is 12.1 Å². The molecule has 0 heterocycles. The van der Waals surface area contributed by atoms with Crippen LogP contribution in [0, 0.1) is 16.7 Å². The molecule has 1 rings (SSSR count). The molecule has 0 aromatic heterocycles. The van der Waals surface area contributed by atoms with Gasteiger partial charge in [0.2, 0.25) is 5.71 Å². The van der Waals surface area contributed by atoms with E-state index in [1.807, 2.05) is 0 Å². The largest absolute Gasteiger partial charge is 0.446 e. The molecular weight excluding hydrogens is 315 g/mol. The van der Waals surface area contributed by atoms with Crippen LogP contribution >= 0.6 is 23.4 Å². The zero-order valence-electron chi connectivity index (χ0n) is 9.62. The number of anilines is 1. The van der Waals surface area contributed by atoms with Gasteiger partial charge in [0, 0.05) is 4.90 Å². The number of hydrazone groups is 1. The molecule has 0 bridgehead atoms. The molecule has 0 saturated carbocycles. The van der Waals surface area contributed by atoms with Crippen molar-refractivity contribution in [2.75, 3.05) is 5.43 Å². The van der Waals surface area contributed by atoms with Crippen molar-refractivity contribution in [3.05, 3.63) is 23.2 Å². The topological polar surface area (TPSA) is 98.0 Å². The predicted molar refractivity (Wildman–Crippen MR) is 71.9 cm³/mol. The number of nitrogens with one attached hydrogen (secondary N) is 2. The Labute approximate surface area is 121 Å². The van der Waals surface area contributed by atoms with Gasteiger partial charge in [0.05, 0.1) is 10.7 Å². The van der Waals surface area contributed by atoms with Crippen molar-refractivity contribution < 1.29 is 13.2 Å². The molecule has 106 valence electrons. The van der Waals surface area contributed by atoms with Gasteiger partial charge in [-0.15, -0.1) is 0 Å². The van der Waals surface area contributed by atoms with E-state index in [-0.39, 0.29) is 27.4 Å². The number of alkyl halides is 3. The van der Waals surface area contributed by atoms with Crippen LogP contribution in [0.1, 0.15) is 0 Å². The monoisotopic (exact) mass is 321 g/mol. The maximum Gasteiger partial charge on any atom is 0.446 e. The van der Waals surface area contributed by atoms with E-state index in [4.69, 9.17) is 28.0 Å². The van der Waals surface area contributed by atoms with Crippen molar-refractivity contribution in [1.82, 2.24) is 0 Å². The summed E-state index contributed by atoms with van der Waals surface area (Å²) in [7, 11) is 0. The Hall–Kier alpha value is -1.92. The molecule has 5 nitrogen and oxygen atoms in total. The molecule has 0 amide bonds. The molecule has 4 N–H and O–H groups in total. The molecule has 0 saturated heterocycles. The summed E-state index contributed by atoms with van der Waals surface area (Å²) in [5.41, 5.74) is 2.60. The minimum atomic E-state index is -4.43. The van der Waals surface area contributed by atoms with Gasteiger partial charge in [-0.2, -0.15) is 23.5 Å². The van der Waals surface area contributed by atoms with E-state index < -0.39 is 17.1 Å². The lowest BCUT2D eigenvalue weighted by molar-refractivity contribution is -0.0328. The molecule has 1 aromatic carbocycles. The first-order valence-electron chi connectivity index (χ1n) is 4.86. The summed E-state index contributed by atoms with van der Waals surface area (Å²) in [6, 6.07) is 5.14. The molecule has 0 atom stereocenters. The van der Waals surface area contributed by atoms with Crippen molar-refractivity contribution in [2.24, 2.45) is 10.8 Å². The lowest BCUT2D eigenvalue weighted by Gasteiger charge is -2.09. The highest BCUT2D eigenvalue weighted by Gasteiger charge is 2.29. The van der Waals surface area contributed by atoms with Crippen LogP contribution in [-0.2, 0) is 0 Å². The van der Waals surface area contributed by atoms with Crippen LogP contribution in [0.25, 0.3) is 0 Å². The van der Waals surface area contributed by atoms with Gasteiger partial charge in [0.15, 0.2) is 5.84 Å². The predicted octanol–water partition coefficient (Wildman–Crippen LogP) is 3.18. The summed E-state index contributed by atoms with van der Waals surface area (Å²) < 4.78 is 36.7. The van der Waals surface area contributed by atoms with Crippen LogP contribution in [0.3, 0.4) is 0 Å². The van der Waals surface area contributed by atoms with Gasteiger partial charge in [0.1, 0.15) is 6.07 Å². The van der Waals surface area contributed by atoms with Gasteiger partial charge in [-0.1, -0.05) is 11.6 Å². The SMILES string of the molecule is N#C/C(=N\Nc1cc(SC(F)(F)F)ccc1Cl)C(=N)N. The number of hydrogen-bond donors (Lipinski definition) is 3. The number of nitrogens with two attached hydrogens (primary N) is 1. The van der Waals surface area contributed by atoms with Crippen LogP contribution in [-0.4, -0.2) is 17.1 Å². The lowest BCUT2D eigenvalue weighted by atomic mass is 10.3. The van der Waals surface area contributed by atoms with Crippen molar-refractivity contribution in [3.63, 3.8) is 0 Å². The third-order valence-electron chi connectivity index (χ3n) is 1.82. The van der Waals surface area contributed by atoms with E-state index in [2.05, 4.69) is 10.5 Å². The Kier molecular flexibility index (Phi) is 5.24. The highest BCUT2D eigenvalue weighted by molar-refractivity contribution is 8.00. The van der Waals surface area contributed by atoms with Gasteiger partial charge in [-0.3, -0.25) is 10.8 Å². The molecular formula is C10H7ClF3N5S. The molecule has 0 fully saturated rings. The summed E-state index contributed by atoms with van der Waals surface area (Å²) in [5, 5.41) is 19.3. The zero-order valence-corrected chi connectivity index (χ0v) is 11.2. The number of rotatable bonds is 4. The summed E-state index contributed by atoms with van der Waals surface area (Å²) >= 11 is 5.47. The van der Waals surface area contributed by atoms with E-state index in [0.29, 0.717) is 0 Å². The van der Waals surface area contributed by atoms with Crippen molar-refractivity contribution in [2.45, 2.75) is 10.4 Å². The van der Waals surface area contributed by atoms with Crippen LogP contribution in [0.4, 0.5) is 18.9 Å². The fraction of sp³-hybridized carbons (Fsp3) is 0.100. The van der Waals surface area contributed by atoms with Crippen molar-refractivity contribution in [3.8, 4) is 6.07 Å². The lowest BCUT2D eigenvalue weighted by Crippen LogP contribution is -2.21. The first kappa shape index (κ1) is 16.1. The summed E-state index contributed by atoms with van der Waals surface area (Å²) in [4.78, 5) is -0.0964. The Morgan fingerprint density at radius 3 is 2.65 bits per heavy atom. The molecule has 0 spiro atoms. The van der Waals surface area contributed by atoms with Gasteiger partial charge < -0.3 is 5.73 Å². The second-order valence-corrected chi connectivity index (χ2v) is 4.83. The number of nitrogens with zero attached hydrogens (tertiary/aromatic N) is 2. The molecule has 1 aromatic rings. The molecule has 0 aliphatic rings. The average Bonchev–Trinajstić information content (AvgIpc) is 2.31. The fourth-order valence-corrected chi connectivity index (χ4v) is 1.79.